The van der Waals surface area contributed by atoms with Crippen molar-refractivity contribution < 1.29 is 9.18 Å². The summed E-state index contributed by atoms with van der Waals surface area (Å²) in [5.41, 5.74) is 0.735. The number of likely N-dealkylation sites (tertiary alicyclic amines) is 1. The third-order valence-corrected chi connectivity index (χ3v) is 6.18. The molecule has 0 bridgehead atoms. The van der Waals surface area contributed by atoms with Crippen LogP contribution < -0.4 is 16.0 Å². The van der Waals surface area contributed by atoms with Crippen molar-refractivity contribution in [3.05, 3.63) is 65.0 Å². The highest BCUT2D eigenvalue weighted by Crippen LogP contribution is 2.23. The fraction of sp³-hybridized carbons (Fsp3) is 0.348. The summed E-state index contributed by atoms with van der Waals surface area (Å²) in [6.07, 6.45) is 6.89. The highest BCUT2D eigenvalue weighted by Gasteiger charge is 2.12. The number of halogens is 1. The van der Waals surface area contributed by atoms with E-state index in [2.05, 4.69) is 30.8 Å². The maximum Gasteiger partial charge on any atom is 0.251 e. The van der Waals surface area contributed by atoms with Gasteiger partial charge in [0.25, 0.3) is 5.91 Å². The first-order chi connectivity index (χ1) is 15.7. The highest BCUT2D eigenvalue weighted by atomic mass is 32.1. The Morgan fingerprint density at radius 1 is 1.16 bits per heavy atom. The minimum atomic E-state index is -0.396. The summed E-state index contributed by atoms with van der Waals surface area (Å²) in [5, 5.41) is 9.85. The van der Waals surface area contributed by atoms with Crippen molar-refractivity contribution in [1.82, 2.24) is 20.2 Å². The molecular weight excluding hydrogens is 427 g/mol. The smallest absolute Gasteiger partial charge is 0.251 e. The Morgan fingerprint density at radius 2 is 2.03 bits per heavy atom. The zero-order valence-electron chi connectivity index (χ0n) is 17.8. The molecule has 3 N–H and O–H groups in total. The number of benzene rings is 1. The molecule has 168 valence electrons. The van der Waals surface area contributed by atoms with Gasteiger partial charge >= 0.3 is 0 Å². The summed E-state index contributed by atoms with van der Waals surface area (Å²) in [6, 6.07) is 9.99. The molecule has 1 aromatic carbocycles. The van der Waals surface area contributed by atoms with E-state index in [1.807, 2.05) is 18.2 Å². The maximum absolute atomic E-state index is 14.3. The molecule has 32 heavy (non-hydrogen) atoms. The predicted molar refractivity (Wildman–Crippen MR) is 126 cm³/mol. The van der Waals surface area contributed by atoms with E-state index in [-0.39, 0.29) is 5.91 Å². The van der Waals surface area contributed by atoms with Gasteiger partial charge in [0.2, 0.25) is 0 Å². The molecule has 0 aliphatic carbocycles. The number of carbonyl (C=O) groups is 1. The number of hydrogen-bond acceptors (Lipinski definition) is 7. The molecule has 2 aromatic heterocycles. The molecule has 1 amide bonds. The van der Waals surface area contributed by atoms with Crippen LogP contribution in [0.4, 0.5) is 21.0 Å². The van der Waals surface area contributed by atoms with E-state index in [4.69, 9.17) is 0 Å². The van der Waals surface area contributed by atoms with Crippen LogP contribution in [0, 0.1) is 5.82 Å². The second-order valence-electron chi connectivity index (χ2n) is 7.68. The van der Waals surface area contributed by atoms with Gasteiger partial charge in [0, 0.05) is 29.4 Å². The summed E-state index contributed by atoms with van der Waals surface area (Å²) in [4.78, 5) is 24.3. The molecule has 0 saturated carbocycles. The third-order valence-electron chi connectivity index (χ3n) is 5.27. The number of amides is 1. The van der Waals surface area contributed by atoms with E-state index in [0.29, 0.717) is 35.3 Å². The van der Waals surface area contributed by atoms with Gasteiger partial charge in [-0.2, -0.15) is 0 Å². The molecule has 0 atom stereocenters. The number of carbonyl (C=O) groups excluding carboxylic acids is 1. The Labute approximate surface area is 191 Å². The molecule has 1 aliphatic heterocycles. The molecule has 7 nitrogen and oxygen atoms in total. The predicted octanol–water partition coefficient (Wildman–Crippen LogP) is 4.25. The van der Waals surface area contributed by atoms with Crippen molar-refractivity contribution >= 4 is 33.9 Å². The number of rotatable bonds is 10. The van der Waals surface area contributed by atoms with Crippen LogP contribution >= 0.6 is 11.3 Å². The average Bonchev–Trinajstić information content (AvgIpc) is 3.49. The Kier molecular flexibility index (Phi) is 7.63. The van der Waals surface area contributed by atoms with E-state index in [1.54, 1.807) is 18.5 Å². The number of nitrogens with one attached hydrogen (secondary N) is 3. The third kappa shape index (κ3) is 6.24. The lowest BCUT2D eigenvalue weighted by Crippen LogP contribution is -2.28. The fourth-order valence-corrected chi connectivity index (χ4v) is 4.35. The van der Waals surface area contributed by atoms with Gasteiger partial charge in [-0.1, -0.05) is 17.4 Å². The maximum atomic E-state index is 14.3. The normalized spacial score (nSPS) is 13.8. The number of nitrogens with zero attached hydrogens (tertiary/aromatic N) is 3. The SMILES string of the molecule is O=C(NCCCN1CCCC1)c1ccc(F)c(NCc2cnc(Nc3ccccn3)s2)c1. The quantitative estimate of drug-likeness (QED) is 0.398. The Morgan fingerprint density at radius 3 is 2.84 bits per heavy atom. The molecule has 3 aromatic rings. The van der Waals surface area contributed by atoms with Crippen molar-refractivity contribution in [2.75, 3.05) is 36.8 Å². The molecule has 0 spiro atoms. The van der Waals surface area contributed by atoms with Gasteiger partial charge < -0.3 is 20.9 Å². The van der Waals surface area contributed by atoms with Gasteiger partial charge in [0.1, 0.15) is 11.6 Å². The molecule has 1 aliphatic rings. The highest BCUT2D eigenvalue weighted by molar-refractivity contribution is 7.15. The van der Waals surface area contributed by atoms with Crippen LogP contribution in [0.15, 0.2) is 48.8 Å². The minimum absolute atomic E-state index is 0.186. The van der Waals surface area contributed by atoms with E-state index in [9.17, 15) is 9.18 Å². The molecule has 0 unspecified atom stereocenters. The van der Waals surface area contributed by atoms with Gasteiger partial charge in [-0.25, -0.2) is 14.4 Å². The standard InChI is InChI=1S/C23H27FN6OS/c24-19-8-7-17(22(31)26-10-5-13-30-11-3-4-12-30)14-20(19)27-15-18-16-28-23(32-18)29-21-6-1-2-9-25-21/h1-2,6-9,14,16,27H,3-5,10-13,15H2,(H,26,31)(H,25,28,29). The van der Waals surface area contributed by atoms with Crippen LogP contribution in [0.1, 0.15) is 34.5 Å². The van der Waals surface area contributed by atoms with Crippen LogP contribution in [-0.4, -0.2) is 47.0 Å². The van der Waals surface area contributed by atoms with E-state index >= 15 is 0 Å². The fourth-order valence-electron chi connectivity index (χ4n) is 3.59. The van der Waals surface area contributed by atoms with Crippen molar-refractivity contribution in [2.24, 2.45) is 0 Å². The largest absolute Gasteiger partial charge is 0.378 e. The first-order valence-electron chi connectivity index (χ1n) is 10.8. The number of aromatic nitrogens is 2. The second kappa shape index (κ2) is 11.0. The minimum Gasteiger partial charge on any atom is -0.378 e. The van der Waals surface area contributed by atoms with Crippen LogP contribution in [0.5, 0.6) is 0 Å². The zero-order valence-corrected chi connectivity index (χ0v) is 18.6. The summed E-state index contributed by atoms with van der Waals surface area (Å²) in [5.74, 6) is 0.132. The average molecular weight is 455 g/mol. The zero-order chi connectivity index (χ0) is 22.2. The van der Waals surface area contributed by atoms with E-state index in [0.717, 1.165) is 30.9 Å². The lowest BCUT2D eigenvalue weighted by Gasteiger charge is -2.14. The van der Waals surface area contributed by atoms with Gasteiger partial charge in [0.05, 0.1) is 12.2 Å². The molecular formula is C23H27FN6OS. The van der Waals surface area contributed by atoms with Gasteiger partial charge in [-0.05, 0) is 69.2 Å². The van der Waals surface area contributed by atoms with Gasteiger partial charge in [-0.15, -0.1) is 0 Å². The van der Waals surface area contributed by atoms with Gasteiger partial charge in [0.15, 0.2) is 5.13 Å². The molecule has 0 radical (unpaired) electrons. The first kappa shape index (κ1) is 22.2. The number of hydrogen-bond donors (Lipinski definition) is 3. The summed E-state index contributed by atoms with van der Waals surface area (Å²) in [6.45, 7) is 4.33. The Hall–Kier alpha value is -3.04. The second-order valence-corrected chi connectivity index (χ2v) is 8.79. The van der Waals surface area contributed by atoms with Crippen molar-refractivity contribution in [3.8, 4) is 0 Å². The van der Waals surface area contributed by atoms with Crippen LogP contribution in [-0.2, 0) is 6.54 Å². The Bertz CT molecular complexity index is 1020. The lowest BCUT2D eigenvalue weighted by atomic mass is 10.1. The topological polar surface area (TPSA) is 82.2 Å². The molecule has 9 heteroatoms. The van der Waals surface area contributed by atoms with E-state index in [1.165, 1.54) is 36.3 Å². The Balaban J connectivity index is 1.27. The number of anilines is 3. The molecule has 1 saturated heterocycles. The number of thiazole rings is 1. The van der Waals surface area contributed by atoms with Crippen LogP contribution in [0.3, 0.4) is 0 Å². The van der Waals surface area contributed by atoms with Crippen molar-refractivity contribution in [3.63, 3.8) is 0 Å². The summed E-state index contributed by atoms with van der Waals surface area (Å²) < 4.78 is 14.3. The van der Waals surface area contributed by atoms with Crippen LogP contribution in [0.2, 0.25) is 0 Å². The van der Waals surface area contributed by atoms with Gasteiger partial charge in [-0.3, -0.25) is 4.79 Å². The lowest BCUT2D eigenvalue weighted by molar-refractivity contribution is 0.0952. The summed E-state index contributed by atoms with van der Waals surface area (Å²) in [7, 11) is 0. The molecule has 4 rings (SSSR count). The molecule has 1 fully saturated rings. The monoisotopic (exact) mass is 454 g/mol. The van der Waals surface area contributed by atoms with E-state index < -0.39 is 5.82 Å². The summed E-state index contributed by atoms with van der Waals surface area (Å²) >= 11 is 1.46. The van der Waals surface area contributed by atoms with Crippen molar-refractivity contribution in [1.29, 1.82) is 0 Å². The van der Waals surface area contributed by atoms with Crippen LogP contribution in [0.25, 0.3) is 0 Å². The molecule has 3 heterocycles. The number of pyridine rings is 1. The first-order valence-corrected chi connectivity index (χ1v) is 11.7. The van der Waals surface area contributed by atoms with Crippen molar-refractivity contribution in [2.45, 2.75) is 25.8 Å².